The van der Waals surface area contributed by atoms with E-state index in [4.69, 9.17) is 4.99 Å². The lowest BCUT2D eigenvalue weighted by Gasteiger charge is -2.21. The molecule has 3 aromatic rings. The molecule has 3 rings (SSSR count). The summed E-state index contributed by atoms with van der Waals surface area (Å²) in [6, 6.07) is 18.5. The van der Waals surface area contributed by atoms with Gasteiger partial charge in [-0.1, -0.05) is 30.3 Å². The summed E-state index contributed by atoms with van der Waals surface area (Å²) < 4.78 is 0. The monoisotopic (exact) mass is 329 g/mol. The summed E-state index contributed by atoms with van der Waals surface area (Å²) in [5, 5.41) is 0. The fourth-order valence-corrected chi connectivity index (χ4v) is 3.02. The third-order valence-electron chi connectivity index (χ3n) is 4.26. The molecule has 0 spiro atoms. The topological polar surface area (TPSA) is 28.5 Å². The van der Waals surface area contributed by atoms with Crippen molar-refractivity contribution in [3.8, 4) is 11.1 Å². The summed E-state index contributed by atoms with van der Waals surface area (Å²) in [6.07, 6.45) is 3.61. The van der Waals surface area contributed by atoms with Crippen molar-refractivity contribution in [3.05, 3.63) is 77.6 Å². The van der Waals surface area contributed by atoms with Crippen LogP contribution < -0.4 is 4.90 Å². The molecule has 0 saturated carbocycles. The van der Waals surface area contributed by atoms with E-state index in [-0.39, 0.29) is 0 Å². The van der Waals surface area contributed by atoms with Crippen molar-refractivity contribution < 1.29 is 0 Å². The van der Waals surface area contributed by atoms with E-state index in [9.17, 15) is 0 Å². The standard InChI is InChI=1S/C22H23N3/c1-16-9-7-12-19(24-15-18-11-5-6-14-23-18)21(16)22-17(2)10-8-13-20(22)25(3)4/h5-15H,1-4H3. The molecule has 2 aromatic carbocycles. The lowest BCUT2D eigenvalue weighted by atomic mass is 9.93. The molecule has 0 radical (unpaired) electrons. The molecule has 126 valence electrons. The van der Waals surface area contributed by atoms with Crippen LogP contribution in [0.15, 0.2) is 65.8 Å². The van der Waals surface area contributed by atoms with Gasteiger partial charge in [0.2, 0.25) is 0 Å². The van der Waals surface area contributed by atoms with Gasteiger partial charge in [-0.15, -0.1) is 0 Å². The van der Waals surface area contributed by atoms with Crippen molar-refractivity contribution in [3.63, 3.8) is 0 Å². The molecule has 0 unspecified atom stereocenters. The number of aromatic nitrogens is 1. The highest BCUT2D eigenvalue weighted by molar-refractivity contribution is 5.91. The van der Waals surface area contributed by atoms with E-state index in [0.29, 0.717) is 0 Å². The summed E-state index contributed by atoms with van der Waals surface area (Å²) >= 11 is 0. The fraction of sp³-hybridized carbons (Fsp3) is 0.182. The molecule has 1 aromatic heterocycles. The van der Waals surface area contributed by atoms with Crippen LogP contribution >= 0.6 is 0 Å². The van der Waals surface area contributed by atoms with Gasteiger partial charge in [0, 0.05) is 37.1 Å². The Bertz CT molecular complexity index is 896. The van der Waals surface area contributed by atoms with Crippen LogP contribution in [0.2, 0.25) is 0 Å². The Labute approximate surface area is 149 Å². The van der Waals surface area contributed by atoms with Crippen LogP contribution in [0.3, 0.4) is 0 Å². The summed E-state index contributed by atoms with van der Waals surface area (Å²) in [5.41, 5.74) is 7.89. The van der Waals surface area contributed by atoms with Gasteiger partial charge in [0.15, 0.2) is 0 Å². The average Bonchev–Trinajstić information content (AvgIpc) is 2.61. The number of aryl methyl sites for hydroxylation is 2. The molecule has 0 aliphatic carbocycles. The fourth-order valence-electron chi connectivity index (χ4n) is 3.02. The summed E-state index contributed by atoms with van der Waals surface area (Å²) in [7, 11) is 4.15. The highest BCUT2D eigenvalue weighted by Crippen LogP contribution is 2.40. The smallest absolute Gasteiger partial charge is 0.0812 e. The zero-order valence-electron chi connectivity index (χ0n) is 15.2. The lowest BCUT2D eigenvalue weighted by molar-refractivity contribution is 1.13. The van der Waals surface area contributed by atoms with Crippen molar-refractivity contribution in [2.24, 2.45) is 4.99 Å². The third kappa shape index (κ3) is 3.61. The normalized spacial score (nSPS) is 11.0. The van der Waals surface area contributed by atoms with E-state index in [1.165, 1.54) is 27.9 Å². The minimum Gasteiger partial charge on any atom is -0.377 e. The first kappa shape index (κ1) is 16.9. The van der Waals surface area contributed by atoms with Gasteiger partial charge in [0.1, 0.15) is 0 Å². The number of anilines is 1. The Morgan fingerprint density at radius 1 is 0.840 bits per heavy atom. The Morgan fingerprint density at radius 2 is 1.56 bits per heavy atom. The molecule has 3 heteroatoms. The van der Waals surface area contributed by atoms with E-state index in [1.807, 2.05) is 24.4 Å². The second-order valence-corrected chi connectivity index (χ2v) is 6.35. The van der Waals surface area contributed by atoms with Gasteiger partial charge >= 0.3 is 0 Å². The summed E-state index contributed by atoms with van der Waals surface area (Å²) in [5.74, 6) is 0. The molecule has 0 aliphatic heterocycles. The third-order valence-corrected chi connectivity index (χ3v) is 4.26. The van der Waals surface area contributed by atoms with Crippen molar-refractivity contribution in [2.45, 2.75) is 13.8 Å². The van der Waals surface area contributed by atoms with Gasteiger partial charge in [-0.25, -0.2) is 0 Å². The SMILES string of the molecule is Cc1cccc(N=Cc2ccccn2)c1-c1c(C)cccc1N(C)C. The number of hydrogen-bond acceptors (Lipinski definition) is 3. The highest BCUT2D eigenvalue weighted by atomic mass is 15.1. The molecule has 0 N–H and O–H groups in total. The predicted molar refractivity (Wildman–Crippen MR) is 107 cm³/mol. The first-order chi connectivity index (χ1) is 12.1. The quantitative estimate of drug-likeness (QED) is 0.617. The van der Waals surface area contributed by atoms with Gasteiger partial charge in [-0.2, -0.15) is 0 Å². The number of rotatable bonds is 4. The van der Waals surface area contributed by atoms with E-state index in [0.717, 1.165) is 11.4 Å². The largest absolute Gasteiger partial charge is 0.377 e. The minimum atomic E-state index is 0.854. The maximum atomic E-state index is 4.75. The van der Waals surface area contributed by atoms with Crippen LogP contribution in [0.4, 0.5) is 11.4 Å². The van der Waals surface area contributed by atoms with Crippen LogP contribution in [-0.4, -0.2) is 25.3 Å². The summed E-state index contributed by atoms with van der Waals surface area (Å²) in [4.78, 5) is 11.2. The van der Waals surface area contributed by atoms with E-state index in [1.54, 1.807) is 6.20 Å². The van der Waals surface area contributed by atoms with Gasteiger partial charge in [0.25, 0.3) is 0 Å². The lowest BCUT2D eigenvalue weighted by Crippen LogP contribution is -2.10. The van der Waals surface area contributed by atoms with Crippen LogP contribution in [0.25, 0.3) is 11.1 Å². The number of nitrogens with zero attached hydrogens (tertiary/aromatic N) is 3. The van der Waals surface area contributed by atoms with Crippen LogP contribution in [0, 0.1) is 13.8 Å². The molecule has 0 bridgehead atoms. The first-order valence-corrected chi connectivity index (χ1v) is 8.40. The van der Waals surface area contributed by atoms with E-state index < -0.39 is 0 Å². The highest BCUT2D eigenvalue weighted by Gasteiger charge is 2.15. The van der Waals surface area contributed by atoms with Crippen molar-refractivity contribution in [1.29, 1.82) is 0 Å². The van der Waals surface area contributed by atoms with Gasteiger partial charge in [-0.3, -0.25) is 9.98 Å². The Morgan fingerprint density at radius 3 is 2.24 bits per heavy atom. The predicted octanol–water partition coefficient (Wildman–Crippen LogP) is 5.18. The van der Waals surface area contributed by atoms with Crippen LogP contribution in [0.1, 0.15) is 16.8 Å². The Kier molecular flexibility index (Phi) is 4.94. The van der Waals surface area contributed by atoms with Gasteiger partial charge in [0.05, 0.1) is 17.6 Å². The molecule has 25 heavy (non-hydrogen) atoms. The Balaban J connectivity index is 2.17. The molecule has 0 saturated heterocycles. The molecular formula is C22H23N3. The number of pyridine rings is 1. The maximum Gasteiger partial charge on any atom is 0.0812 e. The van der Waals surface area contributed by atoms with Crippen molar-refractivity contribution in [1.82, 2.24) is 4.98 Å². The number of benzene rings is 2. The maximum absolute atomic E-state index is 4.75. The van der Waals surface area contributed by atoms with Crippen LogP contribution in [-0.2, 0) is 0 Å². The number of hydrogen-bond donors (Lipinski definition) is 0. The van der Waals surface area contributed by atoms with Crippen molar-refractivity contribution in [2.75, 3.05) is 19.0 Å². The zero-order chi connectivity index (χ0) is 17.8. The van der Waals surface area contributed by atoms with Crippen LogP contribution in [0.5, 0.6) is 0 Å². The molecule has 0 amide bonds. The second kappa shape index (κ2) is 7.31. The Hall–Kier alpha value is -2.94. The molecule has 0 atom stereocenters. The second-order valence-electron chi connectivity index (χ2n) is 6.35. The molecular weight excluding hydrogens is 306 g/mol. The average molecular weight is 329 g/mol. The minimum absolute atomic E-state index is 0.854. The van der Waals surface area contributed by atoms with Gasteiger partial charge in [-0.05, 0) is 49.2 Å². The van der Waals surface area contributed by atoms with E-state index >= 15 is 0 Å². The molecule has 1 heterocycles. The molecule has 3 nitrogen and oxygen atoms in total. The number of aliphatic imine (C=N–C) groups is 1. The summed E-state index contributed by atoms with van der Waals surface area (Å²) in [6.45, 7) is 4.29. The molecule has 0 aliphatic rings. The first-order valence-electron chi connectivity index (χ1n) is 8.40. The van der Waals surface area contributed by atoms with Gasteiger partial charge < -0.3 is 4.90 Å². The van der Waals surface area contributed by atoms with Crippen molar-refractivity contribution >= 4 is 17.6 Å². The van der Waals surface area contributed by atoms with E-state index in [2.05, 4.69) is 74.2 Å². The zero-order valence-corrected chi connectivity index (χ0v) is 15.2. The molecule has 0 fully saturated rings.